The number of hydrogen-bond donors (Lipinski definition) is 1. The summed E-state index contributed by atoms with van der Waals surface area (Å²) in [6, 6.07) is 2.02. The van der Waals surface area contributed by atoms with Crippen LogP contribution in [0.2, 0.25) is 0 Å². The summed E-state index contributed by atoms with van der Waals surface area (Å²) >= 11 is 5.64. The van der Waals surface area contributed by atoms with Gasteiger partial charge in [-0.2, -0.15) is 0 Å². The zero-order valence-corrected chi connectivity index (χ0v) is 11.6. The Morgan fingerprint density at radius 1 is 1.18 bits per heavy atom. The molecule has 0 aromatic heterocycles. The van der Waals surface area contributed by atoms with Gasteiger partial charge in [0, 0.05) is 24.5 Å². The number of methoxy groups -OCH3 is 2. The van der Waals surface area contributed by atoms with E-state index < -0.39 is 0 Å². The van der Waals surface area contributed by atoms with Gasteiger partial charge in [0.2, 0.25) is 0 Å². The normalized spacial score (nSPS) is 10.4. The summed E-state index contributed by atoms with van der Waals surface area (Å²) < 4.78 is 10.8. The number of ether oxygens (including phenoxy) is 2. The molecule has 1 rings (SSSR count). The summed E-state index contributed by atoms with van der Waals surface area (Å²) in [4.78, 5) is 0. The highest BCUT2D eigenvalue weighted by atomic mass is 35.5. The quantitative estimate of drug-likeness (QED) is 0.628. The Labute approximate surface area is 108 Å². The van der Waals surface area contributed by atoms with E-state index >= 15 is 0 Å². The van der Waals surface area contributed by atoms with Gasteiger partial charge < -0.3 is 14.8 Å². The van der Waals surface area contributed by atoms with Crippen LogP contribution >= 0.6 is 11.6 Å². The van der Waals surface area contributed by atoms with Crippen LogP contribution in [0.15, 0.2) is 6.07 Å². The zero-order valence-electron chi connectivity index (χ0n) is 10.9. The number of nitrogens with one attached hydrogen (secondary N) is 1. The Bertz CT molecular complexity index is 380. The number of benzene rings is 1. The van der Waals surface area contributed by atoms with Gasteiger partial charge in [-0.3, -0.25) is 0 Å². The summed E-state index contributed by atoms with van der Waals surface area (Å²) in [6.07, 6.45) is 0. The molecule has 0 aliphatic rings. The van der Waals surface area contributed by atoms with Crippen molar-refractivity contribution in [2.75, 3.05) is 26.6 Å². The van der Waals surface area contributed by atoms with Crippen LogP contribution in [0.5, 0.6) is 11.5 Å². The molecule has 1 N–H and O–H groups in total. The molecule has 0 bridgehead atoms. The average molecular weight is 258 g/mol. The molecule has 3 nitrogen and oxygen atoms in total. The van der Waals surface area contributed by atoms with Crippen LogP contribution in [0.1, 0.15) is 16.7 Å². The highest BCUT2D eigenvalue weighted by Crippen LogP contribution is 2.33. The number of rotatable bonds is 6. The third kappa shape index (κ3) is 3.27. The fraction of sp³-hybridized carbons (Fsp3) is 0.538. The number of halogens is 1. The lowest BCUT2D eigenvalue weighted by Gasteiger charge is -2.17. The average Bonchev–Trinajstić information content (AvgIpc) is 2.34. The fourth-order valence-corrected chi connectivity index (χ4v) is 1.98. The maximum atomic E-state index is 5.64. The molecule has 0 fully saturated rings. The van der Waals surface area contributed by atoms with Gasteiger partial charge in [-0.15, -0.1) is 11.6 Å². The third-order valence-electron chi connectivity index (χ3n) is 2.88. The molecule has 0 spiro atoms. The fourth-order valence-electron chi connectivity index (χ4n) is 1.85. The minimum Gasteiger partial charge on any atom is -0.496 e. The second-order valence-corrected chi connectivity index (χ2v) is 4.26. The zero-order chi connectivity index (χ0) is 12.8. The smallest absolute Gasteiger partial charge is 0.126 e. The maximum Gasteiger partial charge on any atom is 0.126 e. The Morgan fingerprint density at radius 3 is 2.41 bits per heavy atom. The summed E-state index contributed by atoms with van der Waals surface area (Å²) in [6.45, 7) is 5.59. The van der Waals surface area contributed by atoms with Crippen molar-refractivity contribution in [3.05, 3.63) is 22.8 Å². The highest BCUT2D eigenvalue weighted by molar-refractivity contribution is 6.18. The van der Waals surface area contributed by atoms with Crippen molar-refractivity contribution < 1.29 is 9.47 Å². The van der Waals surface area contributed by atoms with Gasteiger partial charge in [0.15, 0.2) is 0 Å². The Hall–Kier alpha value is -0.930. The van der Waals surface area contributed by atoms with E-state index in [1.165, 1.54) is 0 Å². The van der Waals surface area contributed by atoms with Gasteiger partial charge in [0.05, 0.1) is 14.2 Å². The van der Waals surface area contributed by atoms with Gasteiger partial charge in [-0.1, -0.05) is 0 Å². The maximum absolute atomic E-state index is 5.64. The predicted molar refractivity (Wildman–Crippen MR) is 71.4 cm³/mol. The van der Waals surface area contributed by atoms with E-state index in [4.69, 9.17) is 21.1 Å². The molecule has 1 aromatic rings. The molecule has 17 heavy (non-hydrogen) atoms. The molecule has 0 aliphatic carbocycles. The lowest BCUT2D eigenvalue weighted by atomic mass is 10.0. The van der Waals surface area contributed by atoms with Gasteiger partial charge in [0.1, 0.15) is 11.5 Å². The van der Waals surface area contributed by atoms with Crippen molar-refractivity contribution in [2.24, 2.45) is 0 Å². The van der Waals surface area contributed by atoms with Gasteiger partial charge >= 0.3 is 0 Å². The number of alkyl halides is 1. The highest BCUT2D eigenvalue weighted by Gasteiger charge is 2.13. The van der Waals surface area contributed by atoms with Gasteiger partial charge in [-0.25, -0.2) is 0 Å². The molecular weight excluding hydrogens is 238 g/mol. The van der Waals surface area contributed by atoms with E-state index in [9.17, 15) is 0 Å². The molecule has 4 heteroatoms. The van der Waals surface area contributed by atoms with Crippen LogP contribution in [-0.2, 0) is 6.54 Å². The Balaban J connectivity index is 3.04. The van der Waals surface area contributed by atoms with Crippen LogP contribution in [0.3, 0.4) is 0 Å². The monoisotopic (exact) mass is 257 g/mol. The first-order chi connectivity index (χ1) is 8.15. The van der Waals surface area contributed by atoms with Crippen molar-refractivity contribution in [3.63, 3.8) is 0 Å². The predicted octanol–water partition coefficient (Wildman–Crippen LogP) is 2.65. The van der Waals surface area contributed by atoms with E-state index in [1.807, 2.05) is 19.9 Å². The van der Waals surface area contributed by atoms with Crippen molar-refractivity contribution in [3.8, 4) is 11.5 Å². The van der Waals surface area contributed by atoms with E-state index in [0.717, 1.165) is 41.3 Å². The molecular formula is C13H20ClNO2. The molecule has 0 heterocycles. The summed E-state index contributed by atoms with van der Waals surface area (Å²) in [5, 5.41) is 3.26. The van der Waals surface area contributed by atoms with Crippen LogP contribution in [0.25, 0.3) is 0 Å². The minimum absolute atomic E-state index is 0.601. The second-order valence-electron chi connectivity index (χ2n) is 3.89. The van der Waals surface area contributed by atoms with Gasteiger partial charge in [0.25, 0.3) is 0 Å². The summed E-state index contributed by atoms with van der Waals surface area (Å²) in [7, 11) is 3.38. The molecule has 0 radical (unpaired) electrons. The van der Waals surface area contributed by atoms with Crippen molar-refractivity contribution >= 4 is 11.6 Å². The Morgan fingerprint density at radius 2 is 1.88 bits per heavy atom. The molecule has 0 saturated heterocycles. The standard InChI is InChI=1S/C13H20ClNO2/c1-9-10(2)13(17-4)11(7-12(9)16-3)8-15-6-5-14/h7,15H,5-6,8H2,1-4H3. The number of hydrogen-bond acceptors (Lipinski definition) is 3. The first-order valence-electron chi connectivity index (χ1n) is 5.63. The molecule has 96 valence electrons. The molecule has 0 aliphatic heterocycles. The van der Waals surface area contributed by atoms with Crippen molar-refractivity contribution in [1.82, 2.24) is 5.32 Å². The molecule has 0 amide bonds. The first-order valence-corrected chi connectivity index (χ1v) is 6.16. The SMILES string of the molecule is COc1cc(CNCCCl)c(OC)c(C)c1C. The van der Waals surface area contributed by atoms with Crippen LogP contribution in [-0.4, -0.2) is 26.6 Å². The largest absolute Gasteiger partial charge is 0.496 e. The van der Waals surface area contributed by atoms with Gasteiger partial charge in [-0.05, 0) is 31.0 Å². The van der Waals surface area contributed by atoms with E-state index in [2.05, 4.69) is 5.32 Å². The molecule has 0 atom stereocenters. The topological polar surface area (TPSA) is 30.5 Å². The summed E-state index contributed by atoms with van der Waals surface area (Å²) in [5.74, 6) is 2.42. The second kappa shape index (κ2) is 6.72. The van der Waals surface area contributed by atoms with E-state index in [1.54, 1.807) is 14.2 Å². The lowest BCUT2D eigenvalue weighted by Crippen LogP contribution is -2.16. The first kappa shape index (κ1) is 14.1. The third-order valence-corrected chi connectivity index (χ3v) is 3.07. The Kier molecular flexibility index (Phi) is 5.59. The molecule has 0 saturated carbocycles. The summed E-state index contributed by atoms with van der Waals surface area (Å²) in [5.41, 5.74) is 3.33. The van der Waals surface area contributed by atoms with Crippen LogP contribution in [0, 0.1) is 13.8 Å². The van der Waals surface area contributed by atoms with E-state index in [0.29, 0.717) is 5.88 Å². The molecule has 1 aromatic carbocycles. The van der Waals surface area contributed by atoms with E-state index in [-0.39, 0.29) is 0 Å². The van der Waals surface area contributed by atoms with Crippen molar-refractivity contribution in [1.29, 1.82) is 0 Å². The van der Waals surface area contributed by atoms with Crippen LogP contribution in [0.4, 0.5) is 0 Å². The lowest BCUT2D eigenvalue weighted by molar-refractivity contribution is 0.392. The minimum atomic E-state index is 0.601. The van der Waals surface area contributed by atoms with Crippen molar-refractivity contribution in [2.45, 2.75) is 20.4 Å². The molecule has 0 unspecified atom stereocenters. The van der Waals surface area contributed by atoms with Crippen LogP contribution < -0.4 is 14.8 Å².